The standard InChI is InChI=1S/C49H31NO2/c1-3-14-32(15-4-1)33-16-13-19-35(30-33)50(34-17-5-2-6-18-34)36-26-28-44-46(31-36)51-45-29-27-40-39-22-9-12-25-43(39)49(47(40)48(45)52-44)41-23-10-7-20-37(41)38-21-8-11-24-42(38)49/h1-31H. The van der Waals surface area contributed by atoms with Gasteiger partial charge in [-0.05, 0) is 92.5 Å². The topological polar surface area (TPSA) is 21.7 Å². The molecule has 52 heavy (non-hydrogen) atoms. The van der Waals surface area contributed by atoms with Crippen molar-refractivity contribution in [2.24, 2.45) is 0 Å². The maximum Gasteiger partial charge on any atom is 0.175 e. The van der Waals surface area contributed by atoms with Gasteiger partial charge in [0.1, 0.15) is 0 Å². The molecule has 1 spiro atoms. The smallest absolute Gasteiger partial charge is 0.175 e. The van der Waals surface area contributed by atoms with Crippen molar-refractivity contribution in [3.05, 3.63) is 210 Å². The summed E-state index contributed by atoms with van der Waals surface area (Å²) < 4.78 is 13.9. The van der Waals surface area contributed by atoms with E-state index >= 15 is 0 Å². The summed E-state index contributed by atoms with van der Waals surface area (Å²) in [5, 5.41) is 0. The lowest BCUT2D eigenvalue weighted by Crippen LogP contribution is -2.26. The number of fused-ring (bicyclic) bond motifs is 13. The number of nitrogens with zero attached hydrogens (tertiary/aromatic N) is 1. The first-order chi connectivity index (χ1) is 25.8. The Bertz CT molecular complexity index is 2640. The molecule has 1 aliphatic heterocycles. The molecule has 11 rings (SSSR count). The lowest BCUT2D eigenvalue weighted by atomic mass is 9.70. The molecule has 8 aromatic carbocycles. The van der Waals surface area contributed by atoms with Crippen molar-refractivity contribution in [1.82, 2.24) is 0 Å². The summed E-state index contributed by atoms with van der Waals surface area (Å²) in [5.74, 6) is 2.87. The first-order valence-corrected chi connectivity index (χ1v) is 17.8. The van der Waals surface area contributed by atoms with Gasteiger partial charge in [-0.3, -0.25) is 0 Å². The Balaban J connectivity index is 1.06. The van der Waals surface area contributed by atoms with Gasteiger partial charge in [0.05, 0.1) is 11.1 Å². The van der Waals surface area contributed by atoms with E-state index in [0.717, 1.165) is 39.7 Å². The molecule has 3 aliphatic rings. The average Bonchev–Trinajstić information content (AvgIpc) is 3.69. The van der Waals surface area contributed by atoms with Crippen LogP contribution >= 0.6 is 0 Å². The van der Waals surface area contributed by atoms with Gasteiger partial charge in [-0.2, -0.15) is 0 Å². The van der Waals surface area contributed by atoms with Gasteiger partial charge in [-0.25, -0.2) is 0 Å². The first kappa shape index (κ1) is 28.9. The van der Waals surface area contributed by atoms with Gasteiger partial charge in [0.25, 0.3) is 0 Å². The van der Waals surface area contributed by atoms with Crippen molar-refractivity contribution in [3.63, 3.8) is 0 Å². The molecule has 0 fully saturated rings. The van der Waals surface area contributed by atoms with Gasteiger partial charge < -0.3 is 14.4 Å². The molecular formula is C49H31NO2. The van der Waals surface area contributed by atoms with E-state index in [1.807, 2.05) is 6.07 Å². The minimum absolute atomic E-state index is 0.529. The van der Waals surface area contributed by atoms with E-state index in [-0.39, 0.29) is 0 Å². The summed E-state index contributed by atoms with van der Waals surface area (Å²) in [6.07, 6.45) is 0. The normalized spacial score (nSPS) is 13.5. The van der Waals surface area contributed by atoms with Crippen LogP contribution in [0.2, 0.25) is 0 Å². The SMILES string of the molecule is c1ccc(-c2cccc(N(c3ccccc3)c3ccc4c(c3)Oc3ccc5c(c3O4)C3(c4ccccc4-c4ccccc43)c3ccccc3-5)c2)cc1. The fraction of sp³-hybridized carbons (Fsp3) is 0.0204. The maximum absolute atomic E-state index is 7.05. The second-order valence-corrected chi connectivity index (χ2v) is 13.6. The fourth-order valence-corrected chi connectivity index (χ4v) is 8.82. The summed E-state index contributed by atoms with van der Waals surface area (Å²) >= 11 is 0. The van der Waals surface area contributed by atoms with Crippen LogP contribution in [0.25, 0.3) is 33.4 Å². The van der Waals surface area contributed by atoms with Gasteiger partial charge >= 0.3 is 0 Å². The lowest BCUT2D eigenvalue weighted by Gasteiger charge is -2.33. The van der Waals surface area contributed by atoms with E-state index in [1.165, 1.54) is 44.5 Å². The third kappa shape index (κ3) is 4.02. The van der Waals surface area contributed by atoms with Crippen LogP contribution in [-0.4, -0.2) is 0 Å². The summed E-state index contributed by atoms with van der Waals surface area (Å²) in [6.45, 7) is 0. The molecule has 0 amide bonds. The number of rotatable bonds is 4. The monoisotopic (exact) mass is 665 g/mol. The predicted molar refractivity (Wildman–Crippen MR) is 209 cm³/mol. The van der Waals surface area contributed by atoms with Crippen molar-refractivity contribution < 1.29 is 9.47 Å². The summed E-state index contributed by atoms with van der Waals surface area (Å²) in [6, 6.07) is 66.7. The highest BCUT2D eigenvalue weighted by Crippen LogP contribution is 2.67. The molecule has 0 saturated heterocycles. The van der Waals surface area contributed by atoms with Crippen molar-refractivity contribution in [2.45, 2.75) is 5.41 Å². The first-order valence-electron chi connectivity index (χ1n) is 17.8. The second kappa shape index (κ2) is 11.1. The number of hydrogen-bond acceptors (Lipinski definition) is 3. The molecular weight excluding hydrogens is 635 g/mol. The van der Waals surface area contributed by atoms with E-state index in [2.05, 4.69) is 187 Å². The van der Waals surface area contributed by atoms with E-state index in [0.29, 0.717) is 11.5 Å². The third-order valence-electron chi connectivity index (χ3n) is 10.9. The minimum Gasteiger partial charge on any atom is -0.449 e. The Kier molecular flexibility index (Phi) is 6.17. The molecule has 3 nitrogen and oxygen atoms in total. The summed E-state index contributed by atoms with van der Waals surface area (Å²) in [4.78, 5) is 2.27. The van der Waals surface area contributed by atoms with Gasteiger partial charge in [-0.1, -0.05) is 140 Å². The molecule has 0 atom stereocenters. The summed E-state index contributed by atoms with van der Waals surface area (Å²) in [5.41, 5.74) is 14.8. The number of hydrogen-bond donors (Lipinski definition) is 0. The van der Waals surface area contributed by atoms with Gasteiger partial charge in [0.15, 0.2) is 23.0 Å². The molecule has 3 heteroatoms. The van der Waals surface area contributed by atoms with E-state index in [1.54, 1.807) is 0 Å². The van der Waals surface area contributed by atoms with Crippen molar-refractivity contribution in [3.8, 4) is 56.4 Å². The Morgan fingerprint density at radius 2 is 0.885 bits per heavy atom. The molecule has 0 radical (unpaired) electrons. The van der Waals surface area contributed by atoms with Crippen LogP contribution in [-0.2, 0) is 5.41 Å². The van der Waals surface area contributed by atoms with E-state index < -0.39 is 5.41 Å². The van der Waals surface area contributed by atoms with Crippen LogP contribution in [0.15, 0.2) is 188 Å². The number of anilines is 3. The maximum atomic E-state index is 7.05. The zero-order chi connectivity index (χ0) is 34.2. The van der Waals surface area contributed by atoms with Gasteiger partial charge in [0, 0.05) is 23.0 Å². The molecule has 0 unspecified atom stereocenters. The molecule has 2 aliphatic carbocycles. The van der Waals surface area contributed by atoms with Crippen LogP contribution in [0.4, 0.5) is 17.1 Å². The van der Waals surface area contributed by atoms with E-state index in [4.69, 9.17) is 9.47 Å². The zero-order valence-corrected chi connectivity index (χ0v) is 28.2. The zero-order valence-electron chi connectivity index (χ0n) is 28.2. The third-order valence-corrected chi connectivity index (χ3v) is 10.9. The predicted octanol–water partition coefficient (Wildman–Crippen LogP) is 13.1. The molecule has 0 aromatic heterocycles. The minimum atomic E-state index is -0.529. The molecule has 1 heterocycles. The van der Waals surface area contributed by atoms with Gasteiger partial charge in [-0.15, -0.1) is 0 Å². The Hall–Kier alpha value is -6.84. The quantitative estimate of drug-likeness (QED) is 0.187. The second-order valence-electron chi connectivity index (χ2n) is 13.6. The Morgan fingerprint density at radius 3 is 1.58 bits per heavy atom. The number of ether oxygens (including phenoxy) is 2. The average molecular weight is 666 g/mol. The van der Waals surface area contributed by atoms with Gasteiger partial charge in [0.2, 0.25) is 0 Å². The largest absolute Gasteiger partial charge is 0.449 e. The van der Waals surface area contributed by atoms with E-state index in [9.17, 15) is 0 Å². The Labute approximate surface area is 302 Å². The number of benzene rings is 8. The van der Waals surface area contributed by atoms with Crippen molar-refractivity contribution in [2.75, 3.05) is 4.90 Å². The highest BCUT2D eigenvalue weighted by molar-refractivity contribution is 5.97. The molecule has 8 aromatic rings. The number of para-hydroxylation sites is 1. The highest BCUT2D eigenvalue weighted by Gasteiger charge is 2.54. The summed E-state index contributed by atoms with van der Waals surface area (Å²) in [7, 11) is 0. The van der Waals surface area contributed by atoms with Crippen LogP contribution in [0.3, 0.4) is 0 Å². The fourth-order valence-electron chi connectivity index (χ4n) is 8.82. The van der Waals surface area contributed by atoms with Crippen LogP contribution in [0.1, 0.15) is 22.3 Å². The highest BCUT2D eigenvalue weighted by atomic mass is 16.6. The van der Waals surface area contributed by atoms with Crippen LogP contribution in [0, 0.1) is 0 Å². The van der Waals surface area contributed by atoms with Crippen molar-refractivity contribution in [1.29, 1.82) is 0 Å². The molecule has 0 saturated carbocycles. The van der Waals surface area contributed by atoms with Crippen LogP contribution < -0.4 is 14.4 Å². The Morgan fingerprint density at radius 1 is 0.346 bits per heavy atom. The lowest BCUT2D eigenvalue weighted by molar-refractivity contribution is 0.355. The molecule has 0 bridgehead atoms. The molecule has 0 N–H and O–H groups in total. The van der Waals surface area contributed by atoms with Crippen molar-refractivity contribution >= 4 is 17.1 Å². The molecule has 244 valence electrons. The van der Waals surface area contributed by atoms with Crippen LogP contribution in [0.5, 0.6) is 23.0 Å².